The molecule has 4 aliphatic rings. The van der Waals surface area contributed by atoms with E-state index in [9.17, 15) is 0 Å². The molecule has 0 amide bonds. The SMILES string of the molecule is c1ccc([C@@H]2C3=C(CCCC3)[NH+]3CCO[C@@]34CCCC[C@@H]24)cc1. The van der Waals surface area contributed by atoms with Gasteiger partial charge in [0.1, 0.15) is 18.8 Å². The molecule has 1 N–H and O–H groups in total. The number of hydrogen-bond acceptors (Lipinski definition) is 1. The number of hydrogen-bond donors (Lipinski definition) is 1. The summed E-state index contributed by atoms with van der Waals surface area (Å²) in [5, 5.41) is 0. The van der Waals surface area contributed by atoms with E-state index < -0.39 is 0 Å². The van der Waals surface area contributed by atoms with E-state index in [1.54, 1.807) is 21.7 Å². The van der Waals surface area contributed by atoms with Gasteiger partial charge in [0.05, 0.1) is 5.92 Å². The van der Waals surface area contributed by atoms with Crippen molar-refractivity contribution in [3.8, 4) is 0 Å². The van der Waals surface area contributed by atoms with E-state index in [1.807, 2.05) is 0 Å². The van der Waals surface area contributed by atoms with Gasteiger partial charge in [-0.3, -0.25) is 4.90 Å². The van der Waals surface area contributed by atoms with Gasteiger partial charge in [0.25, 0.3) is 0 Å². The fourth-order valence-electron chi connectivity index (χ4n) is 6.15. The summed E-state index contributed by atoms with van der Waals surface area (Å²) in [5.74, 6) is 1.31. The first-order valence-electron chi connectivity index (χ1n) is 9.68. The van der Waals surface area contributed by atoms with E-state index in [-0.39, 0.29) is 5.72 Å². The molecule has 1 unspecified atom stereocenters. The number of allylic oxidation sites excluding steroid dienone is 2. The van der Waals surface area contributed by atoms with Crippen LogP contribution in [0.5, 0.6) is 0 Å². The molecule has 23 heavy (non-hydrogen) atoms. The van der Waals surface area contributed by atoms with Gasteiger partial charge in [0, 0.05) is 18.8 Å². The highest BCUT2D eigenvalue weighted by Crippen LogP contribution is 2.51. The van der Waals surface area contributed by atoms with Crippen LogP contribution in [0.25, 0.3) is 0 Å². The lowest BCUT2D eigenvalue weighted by atomic mass is 9.63. The molecule has 2 heteroatoms. The quantitative estimate of drug-likeness (QED) is 0.839. The molecule has 0 aromatic heterocycles. The number of ether oxygens (including phenoxy) is 1. The van der Waals surface area contributed by atoms with Gasteiger partial charge in [-0.2, -0.15) is 0 Å². The molecule has 2 nitrogen and oxygen atoms in total. The second-order valence-corrected chi connectivity index (χ2v) is 7.92. The van der Waals surface area contributed by atoms with Crippen LogP contribution in [0.15, 0.2) is 41.6 Å². The molecule has 2 fully saturated rings. The Balaban J connectivity index is 1.69. The van der Waals surface area contributed by atoms with Gasteiger partial charge in [-0.05, 0) is 43.2 Å². The smallest absolute Gasteiger partial charge is 0.210 e. The van der Waals surface area contributed by atoms with Crippen LogP contribution in [0.1, 0.15) is 62.8 Å². The van der Waals surface area contributed by atoms with Crippen LogP contribution in [0.3, 0.4) is 0 Å². The minimum Gasteiger partial charge on any atom is -0.320 e. The number of quaternary nitrogens is 1. The molecule has 2 aliphatic heterocycles. The average molecular weight is 310 g/mol. The van der Waals surface area contributed by atoms with Crippen LogP contribution in [0.2, 0.25) is 0 Å². The summed E-state index contributed by atoms with van der Waals surface area (Å²) in [6.45, 7) is 2.17. The highest BCUT2D eigenvalue weighted by atomic mass is 16.5. The molecular weight excluding hydrogens is 282 g/mol. The van der Waals surface area contributed by atoms with Crippen molar-refractivity contribution in [2.75, 3.05) is 13.2 Å². The summed E-state index contributed by atoms with van der Waals surface area (Å²) in [7, 11) is 0. The standard InChI is InChI=1S/C21H27NO/c1-2-8-16(9-3-1)20-17-10-4-5-12-19(17)22-14-15-23-21(22)13-7-6-11-18(20)21/h1-3,8-9,18,20H,4-7,10-15H2/p+1/t18-,20+,21+/m0/s1. The maximum atomic E-state index is 6.58. The Kier molecular flexibility index (Phi) is 3.38. The van der Waals surface area contributed by atoms with E-state index in [4.69, 9.17) is 4.74 Å². The predicted octanol–water partition coefficient (Wildman–Crippen LogP) is 3.41. The summed E-state index contributed by atoms with van der Waals surface area (Å²) in [4.78, 5) is 1.74. The monoisotopic (exact) mass is 310 g/mol. The molecule has 1 spiro atoms. The predicted molar refractivity (Wildman–Crippen MR) is 91.1 cm³/mol. The second-order valence-electron chi connectivity index (χ2n) is 7.92. The van der Waals surface area contributed by atoms with Crippen molar-refractivity contribution in [3.63, 3.8) is 0 Å². The van der Waals surface area contributed by atoms with Crippen molar-refractivity contribution < 1.29 is 9.64 Å². The molecule has 0 radical (unpaired) electrons. The summed E-state index contributed by atoms with van der Waals surface area (Å²) < 4.78 is 6.58. The molecule has 2 aliphatic carbocycles. The summed E-state index contributed by atoms with van der Waals surface area (Å²) in [5.41, 5.74) is 5.20. The molecule has 1 saturated carbocycles. The third kappa shape index (κ3) is 2.01. The first-order chi connectivity index (χ1) is 11.4. The third-order valence-corrected chi connectivity index (χ3v) is 6.95. The summed E-state index contributed by atoms with van der Waals surface area (Å²) in [6.07, 6.45) is 10.8. The minimum atomic E-state index is 0.106. The zero-order valence-corrected chi connectivity index (χ0v) is 14.0. The molecule has 1 aromatic carbocycles. The Hall–Kier alpha value is -1.12. The van der Waals surface area contributed by atoms with Gasteiger partial charge < -0.3 is 4.74 Å². The summed E-state index contributed by atoms with van der Waals surface area (Å²) >= 11 is 0. The van der Waals surface area contributed by atoms with Crippen molar-refractivity contribution in [1.82, 2.24) is 0 Å². The van der Waals surface area contributed by atoms with E-state index in [0.29, 0.717) is 11.8 Å². The zero-order chi connectivity index (χ0) is 15.3. The van der Waals surface area contributed by atoms with E-state index >= 15 is 0 Å². The third-order valence-electron chi connectivity index (χ3n) is 6.95. The lowest BCUT2D eigenvalue weighted by Crippen LogP contribution is -3.19. The number of benzene rings is 1. The number of fused-ring (bicyclic) bond motifs is 1. The topological polar surface area (TPSA) is 13.7 Å². The van der Waals surface area contributed by atoms with Gasteiger partial charge in [-0.1, -0.05) is 36.8 Å². The van der Waals surface area contributed by atoms with Crippen LogP contribution in [0, 0.1) is 5.92 Å². The highest BCUT2D eigenvalue weighted by Gasteiger charge is 2.61. The Labute approximate surface area is 139 Å². The largest absolute Gasteiger partial charge is 0.320 e. The van der Waals surface area contributed by atoms with Crippen molar-refractivity contribution in [2.45, 2.75) is 63.0 Å². The second kappa shape index (κ2) is 5.46. The Morgan fingerprint density at radius 2 is 1.87 bits per heavy atom. The van der Waals surface area contributed by atoms with Gasteiger partial charge >= 0.3 is 0 Å². The van der Waals surface area contributed by atoms with Crippen LogP contribution < -0.4 is 4.90 Å². The van der Waals surface area contributed by atoms with Gasteiger partial charge in [0.15, 0.2) is 0 Å². The zero-order valence-electron chi connectivity index (χ0n) is 14.0. The molecule has 5 rings (SSSR count). The highest BCUT2D eigenvalue weighted by molar-refractivity contribution is 5.35. The van der Waals surface area contributed by atoms with Crippen molar-refractivity contribution in [3.05, 3.63) is 47.2 Å². The fourth-order valence-corrected chi connectivity index (χ4v) is 6.15. The Morgan fingerprint density at radius 1 is 1.00 bits per heavy atom. The lowest BCUT2D eigenvalue weighted by Gasteiger charge is -2.52. The van der Waals surface area contributed by atoms with Crippen molar-refractivity contribution in [1.29, 1.82) is 0 Å². The molecule has 1 aromatic rings. The Morgan fingerprint density at radius 3 is 2.78 bits per heavy atom. The van der Waals surface area contributed by atoms with Crippen molar-refractivity contribution >= 4 is 0 Å². The number of rotatable bonds is 1. The molecule has 2 heterocycles. The van der Waals surface area contributed by atoms with E-state index in [1.165, 1.54) is 57.9 Å². The van der Waals surface area contributed by atoms with Gasteiger partial charge in [0.2, 0.25) is 5.72 Å². The van der Waals surface area contributed by atoms with E-state index in [0.717, 1.165) is 6.61 Å². The minimum absolute atomic E-state index is 0.106. The Bertz CT molecular complexity index is 622. The lowest BCUT2D eigenvalue weighted by molar-refractivity contribution is -0.932. The number of nitrogens with one attached hydrogen (secondary N) is 1. The van der Waals surface area contributed by atoms with Crippen LogP contribution >= 0.6 is 0 Å². The molecule has 0 bridgehead atoms. The molecule has 4 atom stereocenters. The first kappa shape index (κ1) is 14.2. The fraction of sp³-hybridized carbons (Fsp3) is 0.619. The van der Waals surface area contributed by atoms with Gasteiger partial charge in [-0.25, -0.2) is 0 Å². The molecule has 1 saturated heterocycles. The van der Waals surface area contributed by atoms with Crippen LogP contribution in [0.4, 0.5) is 0 Å². The average Bonchev–Trinajstić information content (AvgIpc) is 3.04. The summed E-state index contributed by atoms with van der Waals surface area (Å²) in [6, 6.07) is 11.3. The van der Waals surface area contributed by atoms with E-state index in [2.05, 4.69) is 30.3 Å². The van der Waals surface area contributed by atoms with Crippen LogP contribution in [-0.4, -0.2) is 18.9 Å². The van der Waals surface area contributed by atoms with Crippen molar-refractivity contribution in [2.24, 2.45) is 5.92 Å². The molecular formula is C21H28NO+. The van der Waals surface area contributed by atoms with Gasteiger partial charge in [-0.15, -0.1) is 0 Å². The molecule has 122 valence electrons. The normalized spacial score (nSPS) is 39.6. The first-order valence-corrected chi connectivity index (χ1v) is 9.68. The maximum Gasteiger partial charge on any atom is 0.210 e. The maximum absolute atomic E-state index is 6.58. The van der Waals surface area contributed by atoms with Crippen LogP contribution in [-0.2, 0) is 4.74 Å².